The monoisotopic (exact) mass is 796 g/mol. The number of Topliss-reactive ketones (excluding diaryl/α,β-unsaturated/α-hetero) is 1. The maximum absolute atomic E-state index is 14.4. The number of nitrogens with zero attached hydrogens (tertiary/aromatic N) is 4. The number of fused-ring (bicyclic) bond motifs is 8. The minimum atomic E-state index is -0.476. The molecule has 5 heterocycles. The van der Waals surface area contributed by atoms with Gasteiger partial charge in [0.05, 0.1) is 35.8 Å². The highest BCUT2D eigenvalue weighted by atomic mass is 16.5. The van der Waals surface area contributed by atoms with Crippen molar-refractivity contribution in [2.24, 2.45) is 0 Å². The molecular weight excluding hydrogens is 733 g/mol. The molecule has 13 heteroatoms. The molecule has 8 bridgehead atoms. The molecule has 5 rings (SSSR count). The van der Waals surface area contributed by atoms with E-state index >= 15 is 0 Å². The third-order valence-electron chi connectivity index (χ3n) is 11.9. The summed E-state index contributed by atoms with van der Waals surface area (Å²) < 4.78 is 5.28. The molecule has 0 fully saturated rings. The molecule has 13 nitrogen and oxygen atoms in total. The van der Waals surface area contributed by atoms with Crippen LogP contribution < -0.4 is 10.6 Å². The van der Waals surface area contributed by atoms with Gasteiger partial charge in [0.15, 0.2) is 5.78 Å². The molecule has 0 unspecified atom stereocenters. The van der Waals surface area contributed by atoms with E-state index in [-0.39, 0.29) is 54.1 Å². The predicted octanol–water partition coefficient (Wildman–Crippen LogP) is 6.56. The number of aryl methyl sites for hydroxylation is 2. The second-order valence-corrected chi connectivity index (χ2v) is 16.6. The average molecular weight is 797 g/mol. The van der Waals surface area contributed by atoms with Gasteiger partial charge in [0, 0.05) is 82.4 Å². The zero-order valence-electron chi connectivity index (χ0n) is 36.4. The van der Waals surface area contributed by atoms with Crippen molar-refractivity contribution in [2.45, 2.75) is 104 Å². The molecule has 4 atom stereocenters. The largest absolute Gasteiger partial charge is 0.469 e. The molecule has 0 radical (unpaired) electrons. The van der Waals surface area contributed by atoms with Gasteiger partial charge in [-0.25, -0.2) is 0 Å². The van der Waals surface area contributed by atoms with Crippen LogP contribution in [0.4, 0.5) is 0 Å². The molecule has 3 aromatic heterocycles. The summed E-state index contributed by atoms with van der Waals surface area (Å²) in [5, 5.41) is 6.21. The Bertz CT molecular complexity index is 2180. The average Bonchev–Trinajstić information content (AvgIpc) is 3.85. The molecule has 4 N–H and O–H groups in total. The summed E-state index contributed by atoms with van der Waals surface area (Å²) in [4.78, 5) is 76.0. The molecule has 58 heavy (non-hydrogen) atoms. The number of aromatic nitrogens is 4. The number of amides is 2. The summed E-state index contributed by atoms with van der Waals surface area (Å²) in [6, 6.07) is 6.01. The number of rotatable bonds is 16. The molecule has 0 aromatic carbocycles. The highest BCUT2D eigenvalue weighted by Gasteiger charge is 2.34. The molecule has 314 valence electrons. The smallest absolute Gasteiger partial charge is 0.310 e. The van der Waals surface area contributed by atoms with Crippen molar-refractivity contribution >= 4 is 45.6 Å². The standard InChI is InChI=1S/C45H64N8O5/c1-12-30-25(2)33-24-38-41(29(6)54)27(4)35(49-38)22-34-26(3)31(15-16-39(55)46-17-13-19-52(7)8)43(50-34)32(21-40(56)58-11)44-42(45(57)47-18-14-20-53(9)10)28(5)36(51-44)23-37(30)48-33/h22-26,30-31,49,51H,12-21H2,1-11H3,(H,46,55)(H,47,57)/t25-,26+,30-,31+/m1/s1. The maximum Gasteiger partial charge on any atom is 0.310 e. The lowest BCUT2D eigenvalue weighted by atomic mass is 9.85. The molecule has 2 aliphatic heterocycles. The molecule has 3 aromatic rings. The van der Waals surface area contributed by atoms with Crippen LogP contribution in [-0.2, 0) is 20.7 Å². The summed E-state index contributed by atoms with van der Waals surface area (Å²) in [5.74, 6) is -1.13. The minimum absolute atomic E-state index is 0.0507. The Morgan fingerprint density at radius 1 is 0.776 bits per heavy atom. The molecule has 0 aliphatic carbocycles. The van der Waals surface area contributed by atoms with Crippen molar-refractivity contribution in [3.8, 4) is 0 Å². The molecule has 2 amide bonds. The molecule has 0 spiro atoms. The number of esters is 1. The fourth-order valence-electron chi connectivity index (χ4n) is 8.53. The fraction of sp³-hybridized carbons (Fsp3) is 0.556. The minimum Gasteiger partial charge on any atom is -0.469 e. The molecule has 0 saturated carbocycles. The van der Waals surface area contributed by atoms with Crippen molar-refractivity contribution in [3.63, 3.8) is 0 Å². The Labute approximate surface area is 343 Å². The lowest BCUT2D eigenvalue weighted by Gasteiger charge is -2.18. The number of carbonyl (C=O) groups excluding carboxylic acids is 4. The van der Waals surface area contributed by atoms with E-state index in [1.165, 1.54) is 7.11 Å². The van der Waals surface area contributed by atoms with Gasteiger partial charge in [-0.15, -0.1) is 0 Å². The quantitative estimate of drug-likeness (QED) is 0.0714. The Kier molecular flexibility index (Phi) is 14.7. The predicted molar refractivity (Wildman–Crippen MR) is 230 cm³/mol. The van der Waals surface area contributed by atoms with E-state index in [9.17, 15) is 19.2 Å². The highest BCUT2D eigenvalue weighted by Crippen LogP contribution is 2.43. The second kappa shape index (κ2) is 19.2. The van der Waals surface area contributed by atoms with Crippen LogP contribution in [0.15, 0.2) is 18.2 Å². The van der Waals surface area contributed by atoms with Gasteiger partial charge in [-0.1, -0.05) is 20.8 Å². The highest BCUT2D eigenvalue weighted by molar-refractivity contribution is 6.06. The summed E-state index contributed by atoms with van der Waals surface area (Å²) in [6.07, 6.45) is 2.99. The Morgan fingerprint density at radius 2 is 1.34 bits per heavy atom. The number of aromatic amines is 2. The Morgan fingerprint density at radius 3 is 1.97 bits per heavy atom. The number of H-pyrrole nitrogens is 2. The lowest BCUT2D eigenvalue weighted by molar-refractivity contribution is -0.139. The SMILES string of the molecule is CC[C@H]1c2cc3[nH]c(c(CC(=O)OC)c4nc(cc5[nH]c(cc(n2)[C@@H]1C)c(C(C)=O)c5C)[C@@H](C)[C@@H]4CCC(=O)NCCCN(C)C)c(C(=O)NCCCN(C)C)c3C. The van der Waals surface area contributed by atoms with Gasteiger partial charge in [-0.2, -0.15) is 0 Å². The topological polar surface area (TPSA) is 165 Å². The van der Waals surface area contributed by atoms with Gasteiger partial charge >= 0.3 is 5.97 Å². The first-order valence-electron chi connectivity index (χ1n) is 20.7. The van der Waals surface area contributed by atoms with Gasteiger partial charge in [0.1, 0.15) is 0 Å². The molecular formula is C45H64N8O5. The van der Waals surface area contributed by atoms with E-state index < -0.39 is 5.97 Å². The first-order valence-corrected chi connectivity index (χ1v) is 20.7. The number of carbonyl (C=O) groups is 4. The van der Waals surface area contributed by atoms with Gasteiger partial charge < -0.3 is 35.1 Å². The summed E-state index contributed by atoms with van der Waals surface area (Å²) in [6.45, 7) is 14.5. The van der Waals surface area contributed by atoms with E-state index in [2.05, 4.69) is 51.2 Å². The first kappa shape index (κ1) is 44.2. The van der Waals surface area contributed by atoms with E-state index in [0.717, 1.165) is 66.1 Å². The van der Waals surface area contributed by atoms with Gasteiger partial charge in [0.2, 0.25) is 5.91 Å². The Hall–Kier alpha value is -4.88. The van der Waals surface area contributed by atoms with E-state index in [1.807, 2.05) is 60.2 Å². The molecule has 0 saturated heterocycles. The van der Waals surface area contributed by atoms with Crippen molar-refractivity contribution in [3.05, 3.63) is 68.8 Å². The van der Waals surface area contributed by atoms with Gasteiger partial charge in [-0.3, -0.25) is 29.1 Å². The number of ether oxygens (including phenoxy) is 1. The van der Waals surface area contributed by atoms with Crippen LogP contribution in [0.3, 0.4) is 0 Å². The number of hydrogen-bond acceptors (Lipinski definition) is 9. The third-order valence-corrected chi connectivity index (χ3v) is 11.9. The van der Waals surface area contributed by atoms with Crippen LogP contribution in [0.25, 0.3) is 22.1 Å². The van der Waals surface area contributed by atoms with Gasteiger partial charge in [-0.05, 0) is 117 Å². The lowest BCUT2D eigenvalue weighted by Crippen LogP contribution is -2.28. The van der Waals surface area contributed by atoms with Gasteiger partial charge in [0.25, 0.3) is 5.91 Å². The number of nitrogens with one attached hydrogen (secondary N) is 4. The van der Waals surface area contributed by atoms with Crippen molar-refractivity contribution in [1.29, 1.82) is 0 Å². The fourth-order valence-corrected chi connectivity index (χ4v) is 8.53. The van der Waals surface area contributed by atoms with E-state index in [4.69, 9.17) is 14.7 Å². The number of hydrogen-bond donors (Lipinski definition) is 4. The van der Waals surface area contributed by atoms with Crippen LogP contribution >= 0.6 is 0 Å². The third kappa shape index (κ3) is 9.86. The normalized spacial score (nSPS) is 17.8. The van der Waals surface area contributed by atoms with Crippen molar-refractivity contribution in [1.82, 2.24) is 40.4 Å². The summed E-state index contributed by atoms with van der Waals surface area (Å²) >= 11 is 0. The van der Waals surface area contributed by atoms with Crippen LogP contribution in [0.2, 0.25) is 0 Å². The Balaban J connectivity index is 1.84. The van der Waals surface area contributed by atoms with Crippen molar-refractivity contribution in [2.75, 3.05) is 61.5 Å². The van der Waals surface area contributed by atoms with Crippen LogP contribution in [0.1, 0.15) is 144 Å². The maximum atomic E-state index is 14.4. The number of methoxy groups -OCH3 is 1. The van der Waals surface area contributed by atoms with E-state index in [0.29, 0.717) is 58.4 Å². The molecule has 2 aliphatic rings. The van der Waals surface area contributed by atoms with Crippen molar-refractivity contribution < 1.29 is 23.9 Å². The number of ketones is 1. The van der Waals surface area contributed by atoms with Crippen LogP contribution in [-0.4, -0.2) is 115 Å². The summed E-state index contributed by atoms with van der Waals surface area (Å²) in [7, 11) is 9.37. The zero-order chi connectivity index (χ0) is 42.4. The first-order chi connectivity index (χ1) is 27.6. The second-order valence-electron chi connectivity index (χ2n) is 16.6. The zero-order valence-corrected chi connectivity index (χ0v) is 36.4. The van der Waals surface area contributed by atoms with Crippen LogP contribution in [0.5, 0.6) is 0 Å². The van der Waals surface area contributed by atoms with E-state index in [1.54, 1.807) is 6.92 Å². The summed E-state index contributed by atoms with van der Waals surface area (Å²) in [5.41, 5.74) is 8.92. The van der Waals surface area contributed by atoms with Crippen LogP contribution in [0, 0.1) is 13.8 Å².